The first-order valence-electron chi connectivity index (χ1n) is 10.1. The lowest BCUT2D eigenvalue weighted by Gasteiger charge is -2.25. The predicted octanol–water partition coefficient (Wildman–Crippen LogP) is 1.47. The van der Waals surface area contributed by atoms with E-state index in [1.165, 1.54) is 6.07 Å². The number of hydrogen-bond donors (Lipinski definition) is 3. The van der Waals surface area contributed by atoms with E-state index in [1.807, 2.05) is 6.07 Å². The van der Waals surface area contributed by atoms with Crippen LogP contribution in [0.5, 0.6) is 5.75 Å². The fourth-order valence-electron chi connectivity index (χ4n) is 2.27. The summed E-state index contributed by atoms with van der Waals surface area (Å²) >= 11 is 0. The SMILES string of the molecule is N#Cc1ccccc1OCC(O)COCC(O)COCCOCC(F)(F)OC(F)(F)OC(F)(F)CO. The van der Waals surface area contributed by atoms with Gasteiger partial charge in [0.05, 0.1) is 38.6 Å². The van der Waals surface area contributed by atoms with Gasteiger partial charge in [0.1, 0.15) is 43.8 Å². The molecule has 0 saturated heterocycles. The summed E-state index contributed by atoms with van der Waals surface area (Å²) in [5.74, 6) is 0.282. The fourth-order valence-corrected chi connectivity index (χ4v) is 2.27. The molecule has 1 aromatic carbocycles. The summed E-state index contributed by atoms with van der Waals surface area (Å²) in [7, 11) is 0. The minimum Gasteiger partial charge on any atom is -0.489 e. The average Bonchev–Trinajstić information content (AvgIpc) is 2.78. The van der Waals surface area contributed by atoms with Crippen LogP contribution in [0.1, 0.15) is 5.56 Å². The topological polar surface area (TPSA) is 140 Å². The molecule has 2 unspecified atom stereocenters. The number of para-hydroxylation sites is 1. The molecule has 1 aromatic rings. The van der Waals surface area contributed by atoms with Gasteiger partial charge in [-0.05, 0) is 12.1 Å². The zero-order valence-corrected chi connectivity index (χ0v) is 18.6. The Balaban J connectivity index is 2.15. The van der Waals surface area contributed by atoms with Crippen LogP contribution in [0.3, 0.4) is 0 Å². The Bertz CT molecular complexity index is 812. The minimum absolute atomic E-state index is 0.182. The molecule has 2 atom stereocenters. The molecule has 0 bridgehead atoms. The molecule has 0 aliphatic carbocycles. The van der Waals surface area contributed by atoms with Gasteiger partial charge < -0.3 is 34.3 Å². The number of ether oxygens (including phenoxy) is 6. The first-order valence-corrected chi connectivity index (χ1v) is 10.1. The molecule has 0 aromatic heterocycles. The van der Waals surface area contributed by atoms with Crippen molar-refractivity contribution in [1.82, 2.24) is 0 Å². The molecule has 0 spiro atoms. The largest absolute Gasteiger partial charge is 0.495 e. The van der Waals surface area contributed by atoms with Crippen LogP contribution in [0.2, 0.25) is 0 Å². The second-order valence-corrected chi connectivity index (χ2v) is 6.99. The van der Waals surface area contributed by atoms with Gasteiger partial charge in [-0.2, -0.15) is 22.8 Å². The highest BCUT2D eigenvalue weighted by Crippen LogP contribution is 2.33. The number of aliphatic hydroxyl groups excluding tert-OH is 3. The third-order valence-corrected chi connectivity index (χ3v) is 3.73. The van der Waals surface area contributed by atoms with Crippen LogP contribution in [-0.4, -0.2) is 98.9 Å². The molecule has 0 aliphatic heterocycles. The molecule has 10 nitrogen and oxygen atoms in total. The Hall–Kier alpha value is -2.23. The number of benzene rings is 1. The molecular weight excluding hydrogens is 512 g/mol. The van der Waals surface area contributed by atoms with Gasteiger partial charge in [-0.15, -0.1) is 8.78 Å². The Morgan fingerprint density at radius 3 is 2.00 bits per heavy atom. The smallest absolute Gasteiger partial charge is 0.489 e. The van der Waals surface area contributed by atoms with E-state index in [1.54, 1.807) is 18.2 Å². The number of aliphatic hydroxyl groups is 3. The van der Waals surface area contributed by atoms with Gasteiger partial charge in [0.2, 0.25) is 0 Å². The molecule has 0 radical (unpaired) electrons. The Morgan fingerprint density at radius 1 is 0.806 bits per heavy atom. The molecule has 1 rings (SSSR count). The molecule has 206 valence electrons. The maximum Gasteiger partial charge on any atom is 0.495 e. The van der Waals surface area contributed by atoms with Crippen LogP contribution in [0.15, 0.2) is 24.3 Å². The van der Waals surface area contributed by atoms with Gasteiger partial charge in [-0.1, -0.05) is 12.1 Å². The van der Waals surface area contributed by atoms with Gasteiger partial charge in [0, 0.05) is 0 Å². The summed E-state index contributed by atoms with van der Waals surface area (Å²) in [6.45, 7) is -5.88. The second kappa shape index (κ2) is 15.1. The quantitative estimate of drug-likeness (QED) is 0.135. The van der Waals surface area contributed by atoms with Crippen molar-refractivity contribution in [3.8, 4) is 11.8 Å². The molecule has 0 amide bonds. The van der Waals surface area contributed by atoms with Crippen molar-refractivity contribution in [2.45, 2.75) is 30.7 Å². The van der Waals surface area contributed by atoms with Crippen molar-refractivity contribution in [3.63, 3.8) is 0 Å². The lowest BCUT2D eigenvalue weighted by molar-refractivity contribution is -0.517. The molecule has 0 saturated carbocycles. The highest BCUT2D eigenvalue weighted by Gasteiger charge is 2.52. The maximum absolute atomic E-state index is 13.3. The normalized spacial score (nSPS) is 14.3. The van der Waals surface area contributed by atoms with Crippen LogP contribution in [0.25, 0.3) is 0 Å². The first kappa shape index (κ1) is 31.8. The van der Waals surface area contributed by atoms with Crippen molar-refractivity contribution in [2.24, 2.45) is 0 Å². The van der Waals surface area contributed by atoms with Crippen LogP contribution in [0, 0.1) is 11.3 Å². The Kier molecular flexibility index (Phi) is 13.4. The summed E-state index contributed by atoms with van der Waals surface area (Å²) in [6, 6.07) is 8.32. The highest BCUT2D eigenvalue weighted by atomic mass is 19.3. The molecule has 3 N–H and O–H groups in total. The monoisotopic (exact) mass is 537 g/mol. The molecule has 36 heavy (non-hydrogen) atoms. The predicted molar refractivity (Wildman–Crippen MR) is 105 cm³/mol. The highest BCUT2D eigenvalue weighted by molar-refractivity contribution is 5.42. The van der Waals surface area contributed by atoms with E-state index < -0.39 is 50.5 Å². The number of halogens is 6. The average molecular weight is 537 g/mol. The van der Waals surface area contributed by atoms with Gasteiger partial charge in [0.15, 0.2) is 0 Å². The number of alkyl halides is 6. The van der Waals surface area contributed by atoms with Crippen molar-refractivity contribution in [3.05, 3.63) is 29.8 Å². The van der Waals surface area contributed by atoms with Gasteiger partial charge >= 0.3 is 18.5 Å². The third kappa shape index (κ3) is 13.8. The third-order valence-electron chi connectivity index (χ3n) is 3.73. The van der Waals surface area contributed by atoms with E-state index in [2.05, 4.69) is 14.2 Å². The van der Waals surface area contributed by atoms with Gasteiger partial charge in [-0.3, -0.25) is 0 Å². The summed E-state index contributed by atoms with van der Waals surface area (Å²) in [6.07, 6.45) is -17.2. The van der Waals surface area contributed by atoms with Crippen LogP contribution in [0.4, 0.5) is 26.3 Å². The zero-order chi connectivity index (χ0) is 27.2. The standard InChI is InChI=1S/C20H25F6NO9/c21-18(22,12-28)35-20(25,26)36-19(23,24)13-32-6-5-31-8-15(29)9-33-10-16(30)11-34-17-4-2-1-3-14(17)7-27/h1-4,15-16,28-30H,5-6,8-13H2. The van der Waals surface area contributed by atoms with Crippen molar-refractivity contribution in [1.29, 1.82) is 5.26 Å². The Morgan fingerprint density at radius 2 is 1.36 bits per heavy atom. The van der Waals surface area contributed by atoms with Crippen LogP contribution in [-0.2, 0) is 23.7 Å². The van der Waals surface area contributed by atoms with Gasteiger partial charge in [0.25, 0.3) is 0 Å². The summed E-state index contributed by atoms with van der Waals surface area (Å²) in [4.78, 5) is 0. The first-order chi connectivity index (χ1) is 16.8. The lowest BCUT2D eigenvalue weighted by atomic mass is 10.2. The summed E-state index contributed by atoms with van der Waals surface area (Å²) in [5.41, 5.74) is 0.285. The summed E-state index contributed by atoms with van der Waals surface area (Å²) in [5, 5.41) is 36.6. The van der Waals surface area contributed by atoms with Crippen LogP contribution < -0.4 is 4.74 Å². The number of hydrogen-bond acceptors (Lipinski definition) is 10. The summed E-state index contributed by atoms with van der Waals surface area (Å²) < 4.78 is 103. The van der Waals surface area contributed by atoms with E-state index >= 15 is 0 Å². The van der Waals surface area contributed by atoms with Crippen molar-refractivity contribution >= 4 is 0 Å². The van der Waals surface area contributed by atoms with E-state index in [4.69, 9.17) is 24.6 Å². The fraction of sp³-hybridized carbons (Fsp3) is 0.650. The van der Waals surface area contributed by atoms with E-state index in [9.17, 15) is 36.6 Å². The molecule has 16 heteroatoms. The lowest BCUT2D eigenvalue weighted by Crippen LogP contribution is -2.43. The molecule has 0 heterocycles. The molecule has 0 aliphatic rings. The number of nitriles is 1. The Labute approximate surface area is 201 Å². The zero-order valence-electron chi connectivity index (χ0n) is 18.6. The number of nitrogens with zero attached hydrogens (tertiary/aromatic N) is 1. The van der Waals surface area contributed by atoms with Crippen molar-refractivity contribution in [2.75, 3.05) is 52.9 Å². The van der Waals surface area contributed by atoms with E-state index in [0.29, 0.717) is 0 Å². The van der Waals surface area contributed by atoms with Crippen LogP contribution >= 0.6 is 0 Å². The molecular formula is C20H25F6NO9. The second-order valence-electron chi connectivity index (χ2n) is 6.99. The van der Waals surface area contributed by atoms with Gasteiger partial charge in [-0.25, -0.2) is 9.47 Å². The molecule has 0 fully saturated rings. The maximum atomic E-state index is 13.3. The van der Waals surface area contributed by atoms with E-state index in [0.717, 1.165) is 0 Å². The minimum atomic E-state index is -5.42. The number of rotatable bonds is 19. The van der Waals surface area contributed by atoms with Crippen molar-refractivity contribution < 1.29 is 70.1 Å². The van der Waals surface area contributed by atoms with E-state index in [-0.39, 0.29) is 44.3 Å².